The first-order chi connectivity index (χ1) is 13.9. The number of hydrogen-bond donors (Lipinski definition) is 1. The lowest BCUT2D eigenvalue weighted by Gasteiger charge is -2.19. The molecule has 0 aliphatic rings. The number of carbonyl (C=O) groups excluding carboxylic acids is 2. The van der Waals surface area contributed by atoms with E-state index < -0.39 is 17.9 Å². The molecule has 2 aromatic carbocycles. The van der Waals surface area contributed by atoms with Crippen molar-refractivity contribution in [2.45, 2.75) is 32.4 Å². The van der Waals surface area contributed by atoms with E-state index in [9.17, 15) is 14.4 Å². The molecule has 1 amide bonds. The number of nitrogens with one attached hydrogen (secondary N) is 1. The van der Waals surface area contributed by atoms with Gasteiger partial charge in [0.15, 0.2) is 0 Å². The molecule has 6 nitrogen and oxygen atoms in total. The van der Waals surface area contributed by atoms with E-state index in [0.29, 0.717) is 22.8 Å². The predicted molar refractivity (Wildman–Crippen MR) is 112 cm³/mol. The van der Waals surface area contributed by atoms with E-state index in [4.69, 9.17) is 4.74 Å². The lowest BCUT2D eigenvalue weighted by molar-refractivity contribution is -0.142. The van der Waals surface area contributed by atoms with Gasteiger partial charge in [-0.25, -0.2) is 4.79 Å². The Morgan fingerprint density at radius 2 is 1.62 bits per heavy atom. The average molecular weight is 392 g/mol. The van der Waals surface area contributed by atoms with Crippen molar-refractivity contribution in [1.82, 2.24) is 9.88 Å². The third-order valence-electron chi connectivity index (χ3n) is 4.82. The Morgan fingerprint density at radius 3 is 2.24 bits per heavy atom. The maximum absolute atomic E-state index is 13.1. The molecule has 3 aromatic rings. The molecule has 0 fully saturated rings. The number of carbonyl (C=O) groups is 2. The summed E-state index contributed by atoms with van der Waals surface area (Å²) in [6.07, 6.45) is 1.86. The molecule has 1 heterocycles. The smallest absolute Gasteiger partial charge is 0.328 e. The number of fused-ring (bicyclic) bond motifs is 1. The molecule has 1 aromatic heterocycles. The molecular weight excluding hydrogens is 368 g/mol. The average Bonchev–Trinajstić information content (AvgIpc) is 2.73. The Kier molecular flexibility index (Phi) is 6.12. The lowest BCUT2D eigenvalue weighted by atomic mass is 10.0. The van der Waals surface area contributed by atoms with Gasteiger partial charge in [-0.1, -0.05) is 48.5 Å². The number of hydrogen-bond acceptors (Lipinski definition) is 4. The van der Waals surface area contributed by atoms with Crippen LogP contribution in [-0.4, -0.2) is 29.6 Å². The molecular formula is C23H24N2O4. The third kappa shape index (κ3) is 4.37. The molecule has 0 bridgehead atoms. The highest BCUT2D eigenvalue weighted by Gasteiger charge is 2.24. The quantitative estimate of drug-likeness (QED) is 0.654. The van der Waals surface area contributed by atoms with Gasteiger partial charge in [0.25, 0.3) is 11.5 Å². The van der Waals surface area contributed by atoms with E-state index in [1.54, 1.807) is 30.5 Å². The van der Waals surface area contributed by atoms with Crippen LogP contribution < -0.4 is 10.9 Å². The number of nitrogens with zero attached hydrogens (tertiary/aromatic N) is 1. The summed E-state index contributed by atoms with van der Waals surface area (Å²) < 4.78 is 6.41. The second kappa shape index (κ2) is 8.73. The summed E-state index contributed by atoms with van der Waals surface area (Å²) in [6, 6.07) is 15.4. The molecule has 1 atom stereocenters. The van der Waals surface area contributed by atoms with Gasteiger partial charge in [0.05, 0.1) is 12.7 Å². The third-order valence-corrected chi connectivity index (χ3v) is 4.82. The van der Waals surface area contributed by atoms with E-state index in [1.807, 2.05) is 44.2 Å². The molecule has 150 valence electrons. The van der Waals surface area contributed by atoms with Crippen molar-refractivity contribution >= 4 is 22.6 Å². The highest BCUT2D eigenvalue weighted by Crippen LogP contribution is 2.18. The van der Waals surface area contributed by atoms with Crippen molar-refractivity contribution in [3.63, 3.8) is 0 Å². The van der Waals surface area contributed by atoms with Crippen LogP contribution in [0.2, 0.25) is 0 Å². The van der Waals surface area contributed by atoms with E-state index in [-0.39, 0.29) is 11.6 Å². The van der Waals surface area contributed by atoms with Gasteiger partial charge in [-0.3, -0.25) is 9.59 Å². The Bertz CT molecular complexity index is 1090. The summed E-state index contributed by atoms with van der Waals surface area (Å²) in [5.74, 6) is -0.953. The van der Waals surface area contributed by atoms with Gasteiger partial charge < -0.3 is 14.6 Å². The van der Waals surface area contributed by atoms with Crippen molar-refractivity contribution in [2.24, 2.45) is 0 Å². The summed E-state index contributed by atoms with van der Waals surface area (Å²) in [5, 5.41) is 3.80. The normalized spacial score (nSPS) is 12.0. The molecule has 0 radical (unpaired) electrons. The number of benzene rings is 2. The van der Waals surface area contributed by atoms with Crippen molar-refractivity contribution < 1.29 is 14.3 Å². The molecule has 3 rings (SSSR count). The first-order valence-electron chi connectivity index (χ1n) is 9.49. The minimum absolute atomic E-state index is 0.112. The van der Waals surface area contributed by atoms with Crippen LogP contribution in [0.25, 0.3) is 10.8 Å². The summed E-state index contributed by atoms with van der Waals surface area (Å²) >= 11 is 0. The summed E-state index contributed by atoms with van der Waals surface area (Å²) in [6.45, 7) is 3.76. The second-order valence-electron chi connectivity index (χ2n) is 7.13. The minimum atomic E-state index is -0.840. The van der Waals surface area contributed by atoms with Crippen LogP contribution in [0.5, 0.6) is 0 Å². The molecule has 0 saturated carbocycles. The van der Waals surface area contributed by atoms with Crippen LogP contribution in [0, 0.1) is 0 Å². The second-order valence-corrected chi connectivity index (χ2v) is 7.13. The number of esters is 1. The van der Waals surface area contributed by atoms with Gasteiger partial charge >= 0.3 is 5.97 Å². The van der Waals surface area contributed by atoms with Crippen LogP contribution in [-0.2, 0) is 16.0 Å². The van der Waals surface area contributed by atoms with Crippen LogP contribution in [0.3, 0.4) is 0 Å². The Labute approximate surface area is 169 Å². The molecule has 29 heavy (non-hydrogen) atoms. The van der Waals surface area contributed by atoms with Crippen molar-refractivity contribution in [3.05, 3.63) is 82.3 Å². The van der Waals surface area contributed by atoms with Gasteiger partial charge in [-0.15, -0.1) is 0 Å². The van der Waals surface area contributed by atoms with E-state index in [0.717, 1.165) is 5.56 Å². The first kappa shape index (κ1) is 20.3. The molecule has 0 unspecified atom stereocenters. The van der Waals surface area contributed by atoms with E-state index in [1.165, 1.54) is 11.7 Å². The monoisotopic (exact) mass is 392 g/mol. The molecule has 1 N–H and O–H groups in total. The fourth-order valence-electron chi connectivity index (χ4n) is 3.30. The van der Waals surface area contributed by atoms with Crippen LogP contribution in [0.1, 0.15) is 35.8 Å². The van der Waals surface area contributed by atoms with Gasteiger partial charge in [0, 0.05) is 29.4 Å². The number of amides is 1. The highest BCUT2D eigenvalue weighted by atomic mass is 16.5. The standard InChI is InChI=1S/C23H24N2O4/c1-15(2)25-14-19(17-11-7-8-12-18(17)22(25)27)21(26)24-20(23(28)29-3)13-16-9-5-4-6-10-16/h4-12,14-15,20H,13H2,1-3H3,(H,24,26)/t20-/m0/s1. The van der Waals surface area contributed by atoms with Crippen molar-refractivity contribution in [3.8, 4) is 0 Å². The highest BCUT2D eigenvalue weighted by molar-refractivity contribution is 6.07. The topological polar surface area (TPSA) is 77.4 Å². The largest absolute Gasteiger partial charge is 0.467 e. The van der Waals surface area contributed by atoms with Crippen molar-refractivity contribution in [1.29, 1.82) is 0 Å². The lowest BCUT2D eigenvalue weighted by Crippen LogP contribution is -2.43. The minimum Gasteiger partial charge on any atom is -0.467 e. The van der Waals surface area contributed by atoms with Gasteiger partial charge in [-0.2, -0.15) is 0 Å². The fraction of sp³-hybridized carbons (Fsp3) is 0.261. The van der Waals surface area contributed by atoms with Gasteiger partial charge in [-0.05, 0) is 25.5 Å². The van der Waals surface area contributed by atoms with Crippen LogP contribution in [0.4, 0.5) is 0 Å². The maximum atomic E-state index is 13.1. The fourth-order valence-corrected chi connectivity index (χ4v) is 3.30. The molecule has 0 aliphatic carbocycles. The number of aromatic nitrogens is 1. The summed E-state index contributed by atoms with van der Waals surface area (Å²) in [5.41, 5.74) is 1.09. The molecule has 0 spiro atoms. The molecule has 0 saturated heterocycles. The first-order valence-corrected chi connectivity index (χ1v) is 9.49. The Morgan fingerprint density at radius 1 is 1.00 bits per heavy atom. The maximum Gasteiger partial charge on any atom is 0.328 e. The number of rotatable bonds is 6. The number of methoxy groups -OCH3 is 1. The predicted octanol–water partition coefficient (Wildman–Crippen LogP) is 3.10. The van der Waals surface area contributed by atoms with Gasteiger partial charge in [0.2, 0.25) is 0 Å². The zero-order chi connectivity index (χ0) is 21.0. The van der Waals surface area contributed by atoms with Crippen LogP contribution in [0.15, 0.2) is 65.6 Å². The van der Waals surface area contributed by atoms with E-state index in [2.05, 4.69) is 5.32 Å². The molecule has 6 heteroatoms. The Balaban J connectivity index is 2.00. The molecule has 0 aliphatic heterocycles. The zero-order valence-electron chi connectivity index (χ0n) is 16.7. The van der Waals surface area contributed by atoms with E-state index >= 15 is 0 Å². The van der Waals surface area contributed by atoms with Crippen molar-refractivity contribution in [2.75, 3.05) is 7.11 Å². The number of ether oxygens (including phenoxy) is 1. The van der Waals surface area contributed by atoms with Crippen LogP contribution >= 0.6 is 0 Å². The van der Waals surface area contributed by atoms with Gasteiger partial charge in [0.1, 0.15) is 6.04 Å². The summed E-state index contributed by atoms with van der Waals surface area (Å²) in [7, 11) is 1.29. The zero-order valence-corrected chi connectivity index (χ0v) is 16.7. The SMILES string of the molecule is COC(=O)[C@H](Cc1ccccc1)NC(=O)c1cn(C(C)C)c(=O)c2ccccc12. The Hall–Kier alpha value is -3.41. The number of pyridine rings is 1. The summed E-state index contributed by atoms with van der Waals surface area (Å²) in [4.78, 5) is 38.1.